The number of nitrogen functional groups attached to an aromatic ring is 1. The topological polar surface area (TPSA) is 86.6 Å². The van der Waals surface area contributed by atoms with Gasteiger partial charge >= 0.3 is 0 Å². The molecule has 0 atom stereocenters. The molecular weight excluding hydrogens is 548 g/mol. The van der Waals surface area contributed by atoms with Crippen molar-refractivity contribution in [2.24, 2.45) is 0 Å². The number of aromatic nitrogens is 1. The largest absolute Gasteiger partial charge is 0.399 e. The Bertz CT molecular complexity index is 2030. The minimum Gasteiger partial charge on any atom is -0.399 e. The van der Waals surface area contributed by atoms with E-state index in [1.165, 1.54) is 0 Å². The van der Waals surface area contributed by atoms with Gasteiger partial charge in [0.25, 0.3) is 0 Å². The number of hydrogen-bond acceptors (Lipinski definition) is 4. The smallest absolute Gasteiger partial charge is 0.0867 e. The van der Waals surface area contributed by atoms with Crippen molar-refractivity contribution in [2.75, 3.05) is 5.73 Å². The van der Waals surface area contributed by atoms with Crippen LogP contribution in [0.2, 0.25) is 0 Å². The molecule has 216 valence electrons. The number of benzene rings is 5. The minimum absolute atomic E-state index is 0.229. The van der Waals surface area contributed by atoms with Gasteiger partial charge in [0.15, 0.2) is 0 Å². The van der Waals surface area contributed by atoms with E-state index in [-0.39, 0.29) is 11.4 Å². The number of nitrogens with one attached hydrogen (secondary N) is 2. The molecule has 4 heteroatoms. The van der Waals surface area contributed by atoms with Gasteiger partial charge in [-0.1, -0.05) is 109 Å². The maximum Gasteiger partial charge on any atom is 0.0867 e. The van der Waals surface area contributed by atoms with Crippen LogP contribution < -0.4 is 5.73 Å². The Morgan fingerprint density at radius 3 is 1.49 bits per heavy atom. The van der Waals surface area contributed by atoms with E-state index in [0.29, 0.717) is 0 Å². The van der Waals surface area contributed by atoms with Gasteiger partial charge in [-0.25, -0.2) is 0 Å². The first-order chi connectivity index (χ1) is 22.0. The van der Waals surface area contributed by atoms with E-state index in [1.807, 2.05) is 97.1 Å². The molecule has 0 spiro atoms. The van der Waals surface area contributed by atoms with Crippen molar-refractivity contribution in [1.29, 1.82) is 10.8 Å². The lowest BCUT2D eigenvalue weighted by Crippen LogP contribution is -2.15. The average Bonchev–Trinajstić information content (AvgIpc) is 3.11. The highest BCUT2D eigenvalue weighted by Gasteiger charge is 2.19. The molecule has 5 aromatic carbocycles. The van der Waals surface area contributed by atoms with Gasteiger partial charge in [0.1, 0.15) is 0 Å². The van der Waals surface area contributed by atoms with Crippen LogP contribution in [0.15, 0.2) is 170 Å². The fourth-order valence-electron chi connectivity index (χ4n) is 5.30. The van der Waals surface area contributed by atoms with Gasteiger partial charge in [-0.15, -0.1) is 0 Å². The van der Waals surface area contributed by atoms with Crippen LogP contribution in [-0.2, 0) is 0 Å². The predicted molar refractivity (Wildman–Crippen MR) is 189 cm³/mol. The zero-order valence-corrected chi connectivity index (χ0v) is 24.7. The third kappa shape index (κ3) is 6.93. The van der Waals surface area contributed by atoms with Crippen LogP contribution in [0.25, 0.3) is 44.5 Å². The van der Waals surface area contributed by atoms with Crippen LogP contribution in [0.3, 0.4) is 0 Å². The number of hydrogen-bond donors (Lipinski definition) is 3. The summed E-state index contributed by atoms with van der Waals surface area (Å²) in [5.41, 5.74) is 17.5. The van der Waals surface area contributed by atoms with E-state index in [4.69, 9.17) is 16.6 Å². The first-order valence-electron chi connectivity index (χ1n) is 14.7. The summed E-state index contributed by atoms with van der Waals surface area (Å²) in [4.78, 5) is 3.96. The van der Waals surface area contributed by atoms with Gasteiger partial charge < -0.3 is 5.73 Å². The fraction of sp³-hybridized carbons (Fsp3) is 0. The number of nitrogens with two attached hydrogens (primary N) is 1. The summed E-state index contributed by atoms with van der Waals surface area (Å²) >= 11 is 0. The Hall–Kier alpha value is -6.13. The number of anilines is 1. The van der Waals surface area contributed by atoms with E-state index in [9.17, 15) is 0 Å². The number of pyridine rings is 1. The Morgan fingerprint density at radius 2 is 0.889 bits per heavy atom. The molecule has 7 rings (SSSR count). The molecule has 4 nitrogen and oxygen atoms in total. The van der Waals surface area contributed by atoms with Crippen molar-refractivity contribution in [3.8, 4) is 33.4 Å². The highest BCUT2D eigenvalue weighted by Crippen LogP contribution is 2.32. The molecule has 45 heavy (non-hydrogen) atoms. The second-order valence-electron chi connectivity index (χ2n) is 10.7. The summed E-state index contributed by atoms with van der Waals surface area (Å²) in [6.07, 6.45) is 7.38. The SMILES string of the molecule is N=C1C=C(c2cccc(-c3ccccc3)c2)C=C(c2cccc(-c3ccccc3)c2)C1=N.Nc1cccc(-c2ccncc2)c1. The summed E-state index contributed by atoms with van der Waals surface area (Å²) in [7, 11) is 0. The zero-order valence-electron chi connectivity index (χ0n) is 24.7. The summed E-state index contributed by atoms with van der Waals surface area (Å²) in [5.74, 6) is 0. The van der Waals surface area contributed by atoms with Gasteiger partial charge in [-0.05, 0) is 98.6 Å². The predicted octanol–water partition coefficient (Wildman–Crippen LogP) is 9.87. The first kappa shape index (κ1) is 29.0. The van der Waals surface area contributed by atoms with Gasteiger partial charge in [0.05, 0.1) is 11.4 Å². The van der Waals surface area contributed by atoms with Crippen molar-refractivity contribution in [2.45, 2.75) is 0 Å². The van der Waals surface area contributed by atoms with Gasteiger partial charge in [0, 0.05) is 23.7 Å². The lowest BCUT2D eigenvalue weighted by atomic mass is 9.86. The maximum absolute atomic E-state index is 8.56. The Labute approximate surface area is 263 Å². The molecule has 0 fully saturated rings. The molecule has 4 N–H and O–H groups in total. The standard InChI is InChI=1S/C30H22N2.C11H10N2/c31-29-20-27(25-15-7-13-23(17-25)21-9-3-1-4-10-21)19-28(30(29)32)26-16-8-14-24(18-26)22-11-5-2-6-12-22;12-11-3-1-2-10(8-11)9-4-6-13-7-5-9/h1-20,31-32H;1-8H,12H2. The van der Waals surface area contributed by atoms with Crippen LogP contribution in [0.4, 0.5) is 5.69 Å². The molecule has 0 unspecified atom stereocenters. The fourth-order valence-corrected chi connectivity index (χ4v) is 5.30. The van der Waals surface area contributed by atoms with Crippen LogP contribution in [0, 0.1) is 10.8 Å². The minimum atomic E-state index is 0.229. The lowest BCUT2D eigenvalue weighted by Gasteiger charge is -2.18. The molecule has 1 heterocycles. The molecule has 0 radical (unpaired) electrons. The van der Waals surface area contributed by atoms with Crippen molar-refractivity contribution >= 4 is 28.3 Å². The molecule has 0 amide bonds. The summed E-state index contributed by atoms with van der Waals surface area (Å²) in [6, 6.07) is 48.9. The van der Waals surface area contributed by atoms with Crippen molar-refractivity contribution in [1.82, 2.24) is 4.98 Å². The van der Waals surface area contributed by atoms with E-state index in [0.717, 1.165) is 61.3 Å². The first-order valence-corrected chi connectivity index (χ1v) is 14.7. The number of rotatable bonds is 5. The highest BCUT2D eigenvalue weighted by atomic mass is 14.6. The Balaban J connectivity index is 0.000000229. The van der Waals surface area contributed by atoms with Crippen LogP contribution in [-0.4, -0.2) is 16.4 Å². The van der Waals surface area contributed by atoms with Crippen LogP contribution in [0.1, 0.15) is 11.1 Å². The van der Waals surface area contributed by atoms with Crippen molar-refractivity contribution in [3.05, 3.63) is 181 Å². The van der Waals surface area contributed by atoms with Crippen molar-refractivity contribution in [3.63, 3.8) is 0 Å². The highest BCUT2D eigenvalue weighted by molar-refractivity contribution is 6.61. The van der Waals surface area contributed by atoms with E-state index >= 15 is 0 Å². The summed E-state index contributed by atoms with van der Waals surface area (Å²) in [5, 5.41) is 17.0. The molecule has 0 aliphatic heterocycles. The average molecular weight is 581 g/mol. The second-order valence-corrected chi connectivity index (χ2v) is 10.7. The summed E-state index contributed by atoms with van der Waals surface area (Å²) < 4.78 is 0. The molecule has 0 saturated carbocycles. The normalized spacial score (nSPS) is 12.4. The van der Waals surface area contributed by atoms with E-state index in [2.05, 4.69) is 59.6 Å². The third-order valence-electron chi connectivity index (χ3n) is 7.62. The maximum atomic E-state index is 8.56. The lowest BCUT2D eigenvalue weighted by molar-refractivity contribution is 1.33. The number of nitrogens with zero attached hydrogens (tertiary/aromatic N) is 1. The Kier molecular flexibility index (Phi) is 8.66. The monoisotopic (exact) mass is 580 g/mol. The molecule has 1 aliphatic carbocycles. The van der Waals surface area contributed by atoms with Crippen LogP contribution in [0.5, 0.6) is 0 Å². The van der Waals surface area contributed by atoms with Gasteiger partial charge in [-0.2, -0.15) is 0 Å². The second kappa shape index (κ2) is 13.4. The van der Waals surface area contributed by atoms with Crippen LogP contribution >= 0.6 is 0 Å². The van der Waals surface area contributed by atoms with E-state index < -0.39 is 0 Å². The third-order valence-corrected chi connectivity index (χ3v) is 7.62. The van der Waals surface area contributed by atoms with Gasteiger partial charge in [0.2, 0.25) is 0 Å². The molecule has 1 aromatic heterocycles. The quantitative estimate of drug-likeness (QED) is 0.140. The molecule has 0 saturated heterocycles. The number of allylic oxidation sites excluding steroid dienone is 4. The Morgan fingerprint density at radius 1 is 0.422 bits per heavy atom. The molecular formula is C41H32N4. The molecule has 0 bridgehead atoms. The molecule has 6 aromatic rings. The van der Waals surface area contributed by atoms with Crippen molar-refractivity contribution < 1.29 is 0 Å². The van der Waals surface area contributed by atoms with E-state index in [1.54, 1.807) is 18.5 Å². The molecule has 1 aliphatic rings. The van der Waals surface area contributed by atoms with Gasteiger partial charge in [-0.3, -0.25) is 15.8 Å². The zero-order chi connectivity index (χ0) is 31.0. The summed E-state index contributed by atoms with van der Waals surface area (Å²) in [6.45, 7) is 0.